The topological polar surface area (TPSA) is 59.3 Å². The van der Waals surface area contributed by atoms with Crippen molar-refractivity contribution in [3.63, 3.8) is 0 Å². The van der Waals surface area contributed by atoms with E-state index in [1.54, 1.807) is 18.2 Å². The average molecular weight is 333 g/mol. The molecule has 0 saturated heterocycles. The van der Waals surface area contributed by atoms with Crippen LogP contribution in [-0.4, -0.2) is 15.6 Å². The number of rotatable bonds is 2. The lowest BCUT2D eigenvalue weighted by atomic mass is 10.1. The van der Waals surface area contributed by atoms with Crippen LogP contribution in [0.2, 0.25) is 0 Å². The number of hydrogen-bond donors (Lipinski definition) is 1. The third kappa shape index (κ3) is 2.64. The number of aromatic carboxylic acids is 1. The molecule has 7 heteroatoms. The highest BCUT2D eigenvalue weighted by Crippen LogP contribution is 2.31. The molecule has 0 spiro atoms. The molecule has 1 N–H and O–H groups in total. The molecule has 0 radical (unpaired) electrons. The fraction of sp³-hybridized carbons (Fsp3) is 0.0588. The fourth-order valence-electron chi connectivity index (χ4n) is 2.48. The summed E-state index contributed by atoms with van der Waals surface area (Å²) in [5.74, 6) is -1.44. The lowest BCUT2D eigenvalue weighted by molar-refractivity contribution is -0.137. The Bertz CT molecular complexity index is 1010. The molecule has 1 heterocycles. The molecule has 0 saturated carbocycles. The van der Waals surface area contributed by atoms with Gasteiger partial charge in [-0.05, 0) is 30.3 Å². The smallest absolute Gasteiger partial charge is 0.416 e. The van der Waals surface area contributed by atoms with Gasteiger partial charge in [0.2, 0.25) is 5.43 Å². The number of aromatic nitrogens is 1. The normalized spacial score (nSPS) is 11.6. The number of carbonyl (C=O) groups is 1. The first-order valence-corrected chi connectivity index (χ1v) is 6.84. The predicted molar refractivity (Wildman–Crippen MR) is 81.5 cm³/mol. The predicted octanol–water partition coefficient (Wildman–Crippen LogP) is 3.71. The van der Waals surface area contributed by atoms with Crippen molar-refractivity contribution in [3.05, 3.63) is 76.1 Å². The molecule has 0 unspecified atom stereocenters. The number of alkyl halides is 3. The fourth-order valence-corrected chi connectivity index (χ4v) is 2.48. The van der Waals surface area contributed by atoms with Gasteiger partial charge in [0.05, 0.1) is 11.1 Å². The number of nitrogens with zero attached hydrogens (tertiary/aromatic N) is 1. The maximum atomic E-state index is 12.9. The van der Waals surface area contributed by atoms with Crippen LogP contribution in [-0.2, 0) is 6.18 Å². The van der Waals surface area contributed by atoms with Crippen molar-refractivity contribution in [2.75, 3.05) is 0 Å². The number of benzene rings is 2. The summed E-state index contributed by atoms with van der Waals surface area (Å²) in [6.45, 7) is 0. The molecule has 3 rings (SSSR count). The SMILES string of the molecule is O=C(O)c1cn(-c2cccc(C(F)(F)F)c2)c2ccccc2c1=O. The van der Waals surface area contributed by atoms with Gasteiger partial charge in [0.25, 0.3) is 0 Å². The van der Waals surface area contributed by atoms with Crippen LogP contribution >= 0.6 is 0 Å². The van der Waals surface area contributed by atoms with Gasteiger partial charge in [0.15, 0.2) is 0 Å². The van der Waals surface area contributed by atoms with E-state index in [-0.39, 0.29) is 11.1 Å². The number of pyridine rings is 1. The number of para-hydroxylation sites is 1. The van der Waals surface area contributed by atoms with E-state index < -0.39 is 28.7 Å². The third-order valence-corrected chi connectivity index (χ3v) is 3.59. The Balaban J connectivity index is 2.36. The molecule has 24 heavy (non-hydrogen) atoms. The van der Waals surface area contributed by atoms with Crippen LogP contribution < -0.4 is 5.43 Å². The highest BCUT2D eigenvalue weighted by atomic mass is 19.4. The van der Waals surface area contributed by atoms with E-state index in [2.05, 4.69) is 0 Å². The first kappa shape index (κ1) is 15.8. The maximum Gasteiger partial charge on any atom is 0.416 e. The number of halogens is 3. The molecule has 0 aliphatic carbocycles. The second-order valence-corrected chi connectivity index (χ2v) is 5.11. The van der Waals surface area contributed by atoms with Crippen molar-refractivity contribution < 1.29 is 23.1 Å². The van der Waals surface area contributed by atoms with E-state index in [0.717, 1.165) is 18.3 Å². The Hall–Kier alpha value is -3.09. The number of carboxylic acids is 1. The summed E-state index contributed by atoms with van der Waals surface area (Å²) < 4.78 is 40.0. The Kier molecular flexibility index (Phi) is 3.63. The minimum absolute atomic E-state index is 0.114. The zero-order chi connectivity index (χ0) is 17.5. The van der Waals surface area contributed by atoms with Crippen molar-refractivity contribution in [1.29, 1.82) is 0 Å². The average Bonchev–Trinajstić information content (AvgIpc) is 2.54. The zero-order valence-corrected chi connectivity index (χ0v) is 12.0. The molecule has 2 aromatic carbocycles. The number of carboxylic acid groups (broad SMARTS) is 1. The van der Waals surface area contributed by atoms with Crippen LogP contribution in [0.25, 0.3) is 16.6 Å². The minimum atomic E-state index is -4.53. The van der Waals surface area contributed by atoms with Crippen molar-refractivity contribution in [3.8, 4) is 5.69 Å². The van der Waals surface area contributed by atoms with E-state index in [1.165, 1.54) is 22.8 Å². The largest absolute Gasteiger partial charge is 0.477 e. The first-order valence-electron chi connectivity index (χ1n) is 6.84. The number of hydrogen-bond acceptors (Lipinski definition) is 2. The van der Waals surface area contributed by atoms with Gasteiger partial charge in [-0.2, -0.15) is 13.2 Å². The van der Waals surface area contributed by atoms with Crippen LogP contribution in [0.1, 0.15) is 15.9 Å². The quantitative estimate of drug-likeness (QED) is 0.778. The molecule has 0 bridgehead atoms. The van der Waals surface area contributed by atoms with Gasteiger partial charge in [0.1, 0.15) is 5.56 Å². The molecular formula is C17H10F3NO3. The van der Waals surface area contributed by atoms with Gasteiger partial charge in [-0.1, -0.05) is 18.2 Å². The van der Waals surface area contributed by atoms with Gasteiger partial charge in [-0.3, -0.25) is 4.79 Å². The molecule has 0 aliphatic rings. The van der Waals surface area contributed by atoms with E-state index in [9.17, 15) is 27.9 Å². The van der Waals surface area contributed by atoms with Crippen LogP contribution in [0.15, 0.2) is 59.5 Å². The lowest BCUT2D eigenvalue weighted by Gasteiger charge is -2.14. The van der Waals surface area contributed by atoms with Gasteiger partial charge in [-0.25, -0.2) is 4.79 Å². The molecular weight excluding hydrogens is 323 g/mol. The molecule has 0 atom stereocenters. The van der Waals surface area contributed by atoms with E-state index in [4.69, 9.17) is 0 Å². The van der Waals surface area contributed by atoms with E-state index >= 15 is 0 Å². The van der Waals surface area contributed by atoms with E-state index in [1.807, 2.05) is 0 Å². The molecule has 122 valence electrons. The Labute approximate surface area is 133 Å². The lowest BCUT2D eigenvalue weighted by Crippen LogP contribution is -2.18. The molecule has 3 aromatic rings. The summed E-state index contributed by atoms with van der Waals surface area (Å²) in [5, 5.41) is 9.31. The maximum absolute atomic E-state index is 12.9. The van der Waals surface area contributed by atoms with E-state index in [0.29, 0.717) is 5.52 Å². The summed E-state index contributed by atoms with van der Waals surface area (Å²) in [4.78, 5) is 23.5. The molecule has 0 amide bonds. The van der Waals surface area contributed by atoms with Gasteiger partial charge in [0, 0.05) is 17.3 Å². The highest BCUT2D eigenvalue weighted by Gasteiger charge is 2.30. The molecule has 0 aliphatic heterocycles. The van der Waals surface area contributed by atoms with Crippen LogP contribution in [0, 0.1) is 0 Å². The second-order valence-electron chi connectivity index (χ2n) is 5.11. The third-order valence-electron chi connectivity index (χ3n) is 3.59. The molecule has 1 aromatic heterocycles. The summed E-state index contributed by atoms with van der Waals surface area (Å²) in [7, 11) is 0. The van der Waals surface area contributed by atoms with Crippen molar-refractivity contribution in [2.24, 2.45) is 0 Å². The molecule has 4 nitrogen and oxygen atoms in total. The second kappa shape index (κ2) is 5.52. The van der Waals surface area contributed by atoms with Gasteiger partial charge < -0.3 is 9.67 Å². The van der Waals surface area contributed by atoms with Gasteiger partial charge >= 0.3 is 12.1 Å². The summed E-state index contributed by atoms with van der Waals surface area (Å²) in [6, 6.07) is 10.6. The first-order chi connectivity index (χ1) is 11.3. The van der Waals surface area contributed by atoms with Crippen molar-refractivity contribution in [2.45, 2.75) is 6.18 Å². The molecule has 0 fully saturated rings. The Morgan fingerprint density at radius 1 is 1.04 bits per heavy atom. The zero-order valence-electron chi connectivity index (χ0n) is 12.0. The minimum Gasteiger partial charge on any atom is -0.477 e. The van der Waals surface area contributed by atoms with Crippen LogP contribution in [0.4, 0.5) is 13.2 Å². The Morgan fingerprint density at radius 2 is 1.75 bits per heavy atom. The van der Waals surface area contributed by atoms with Crippen molar-refractivity contribution >= 4 is 16.9 Å². The monoisotopic (exact) mass is 333 g/mol. The summed E-state index contributed by atoms with van der Waals surface area (Å²) in [5.41, 5.74) is -1.61. The Morgan fingerprint density at radius 3 is 2.42 bits per heavy atom. The van der Waals surface area contributed by atoms with Gasteiger partial charge in [-0.15, -0.1) is 0 Å². The van der Waals surface area contributed by atoms with Crippen LogP contribution in [0.5, 0.6) is 0 Å². The summed E-state index contributed by atoms with van der Waals surface area (Å²) >= 11 is 0. The summed E-state index contributed by atoms with van der Waals surface area (Å²) in [6.07, 6.45) is -3.48. The number of fused-ring (bicyclic) bond motifs is 1. The standard InChI is InChI=1S/C17H10F3NO3/c18-17(19,20)10-4-3-5-11(8-10)21-9-13(16(23)24)15(22)12-6-1-2-7-14(12)21/h1-9H,(H,23,24). The van der Waals surface area contributed by atoms with Crippen LogP contribution in [0.3, 0.4) is 0 Å². The highest BCUT2D eigenvalue weighted by molar-refractivity contribution is 5.93. The van der Waals surface area contributed by atoms with Crippen molar-refractivity contribution in [1.82, 2.24) is 4.57 Å².